The van der Waals surface area contributed by atoms with Crippen molar-refractivity contribution in [1.29, 1.82) is 0 Å². The summed E-state index contributed by atoms with van der Waals surface area (Å²) in [6.07, 6.45) is 46.9. The van der Waals surface area contributed by atoms with E-state index in [-0.39, 0.29) is 38.7 Å². The lowest BCUT2D eigenvalue weighted by molar-refractivity contribution is 0.0481. The molecule has 0 aromatic heterocycles. The minimum absolute atomic E-state index is 0. The van der Waals surface area contributed by atoms with Gasteiger partial charge < -0.3 is 33.5 Å². The van der Waals surface area contributed by atoms with Crippen molar-refractivity contribution >= 4 is 211 Å². The molecule has 0 spiro atoms. The van der Waals surface area contributed by atoms with E-state index in [0.717, 1.165) is 116 Å². The third kappa shape index (κ3) is 61.1. The number of epoxide rings is 2. The van der Waals surface area contributed by atoms with Gasteiger partial charge in [-0.15, -0.1) is 42.9 Å². The van der Waals surface area contributed by atoms with Crippen LogP contribution in [0.15, 0.2) is 101 Å². The number of unbranched alkanes of at least 4 members (excludes halogenated alkanes) is 28. The van der Waals surface area contributed by atoms with Gasteiger partial charge in [0.05, 0.1) is 79.4 Å². The van der Waals surface area contributed by atoms with Gasteiger partial charge in [-0.1, -0.05) is 217 Å². The molecule has 3 aromatic carbocycles. The van der Waals surface area contributed by atoms with Gasteiger partial charge in [0.1, 0.15) is 0 Å². The molecule has 3 aromatic rings. The predicted molar refractivity (Wildman–Crippen MR) is 464 cm³/mol. The highest BCUT2D eigenvalue weighted by atomic mass is 79.9. The molecule has 2 atom stereocenters. The van der Waals surface area contributed by atoms with Gasteiger partial charge in [-0.3, -0.25) is 9.59 Å². The van der Waals surface area contributed by atoms with Crippen LogP contribution in [0.4, 0.5) is 0 Å². The largest absolute Gasteiger partial charge is 0.462 e. The Balaban J connectivity index is -0.000000676. The molecule has 0 radical (unpaired) electrons. The SMILES string of the molecule is C.C.C.C=CCCCCCCCCO.C=CCCCCCCCCOC(=O)c1cc(Br)c(C(=O)OCCCCCCCCC=C)cc1Br.ClC(Cl)Cl.ClCCl.O=C(Cl)c1cc(Br)c(C(=O)Cl)cc1Br.O=C(OCCCCCCCCC1CO1)c1cc(Br)c(C(=O)OCCCCCCCCC2CO2)cc1Br. The van der Waals surface area contributed by atoms with Gasteiger partial charge >= 0.3 is 23.9 Å². The lowest BCUT2D eigenvalue weighted by Gasteiger charge is -2.11. The quantitative estimate of drug-likeness (QED) is 0.0107. The minimum atomic E-state index is -0.750. The first-order valence-electron chi connectivity index (χ1n) is 35.3. The number of aliphatic hydroxyl groups is 1. The number of alkyl halides is 5. The summed E-state index contributed by atoms with van der Waals surface area (Å²) in [6.45, 7) is 15.0. The number of aliphatic hydroxyl groups excluding tert-OH is 1. The Morgan fingerprint density at radius 1 is 0.381 bits per heavy atom. The summed E-state index contributed by atoms with van der Waals surface area (Å²) in [4.78, 5) is 71.7. The molecule has 2 aliphatic heterocycles. The van der Waals surface area contributed by atoms with Gasteiger partial charge in [0, 0.05) is 44.6 Å². The number of rotatable bonds is 50. The average molecular weight is 2000 g/mol. The monoisotopic (exact) mass is 1990 g/mol. The highest BCUT2D eigenvalue weighted by Gasteiger charge is 2.24. The Bertz CT molecular complexity index is 2660. The minimum Gasteiger partial charge on any atom is -0.462 e. The smallest absolute Gasteiger partial charge is 0.339 e. The van der Waals surface area contributed by atoms with Crippen molar-refractivity contribution in [2.45, 2.75) is 264 Å². The Morgan fingerprint density at radius 3 is 0.762 bits per heavy atom. The number of carbonyl (C=O) groups excluding carboxylic acids is 6. The zero-order chi connectivity index (χ0) is 76.1. The fourth-order valence-electron chi connectivity index (χ4n) is 9.67. The van der Waals surface area contributed by atoms with E-state index in [9.17, 15) is 28.8 Å². The summed E-state index contributed by atoms with van der Waals surface area (Å²) in [5.74, 6) is -1.58. The molecule has 2 unspecified atom stereocenters. The number of ether oxygens (including phenoxy) is 6. The maximum atomic E-state index is 12.5. The first-order valence-corrected chi connectivity index (χ1v) is 43.2. The van der Waals surface area contributed by atoms with Gasteiger partial charge in [0.15, 0.2) is 4.30 Å². The van der Waals surface area contributed by atoms with Crippen LogP contribution in [0.3, 0.4) is 0 Å². The molecular formula is C79H117Br6Cl7O13. The molecule has 2 aliphatic rings. The summed E-state index contributed by atoms with van der Waals surface area (Å²) >= 11 is 54.4. The first-order chi connectivity index (χ1) is 49.0. The fraction of sp³-hybridized carbons (Fsp3) is 0.620. The number of carbonyl (C=O) groups is 6. The van der Waals surface area contributed by atoms with Crippen LogP contribution < -0.4 is 0 Å². The third-order valence-corrected chi connectivity index (χ3v) is 19.8. The van der Waals surface area contributed by atoms with Crippen LogP contribution in [0.25, 0.3) is 0 Å². The van der Waals surface area contributed by atoms with Crippen molar-refractivity contribution in [3.8, 4) is 0 Å². The number of benzene rings is 3. The molecule has 13 nitrogen and oxygen atoms in total. The van der Waals surface area contributed by atoms with Crippen molar-refractivity contribution < 1.29 is 62.3 Å². The number of halogens is 13. The normalized spacial score (nSPS) is 12.6. The van der Waals surface area contributed by atoms with E-state index >= 15 is 0 Å². The van der Waals surface area contributed by atoms with Crippen LogP contribution in [0.1, 0.15) is 309 Å². The van der Waals surface area contributed by atoms with E-state index in [4.69, 9.17) is 115 Å². The average Bonchev–Trinajstić information content (AvgIpc) is 1.70. The summed E-state index contributed by atoms with van der Waals surface area (Å²) in [7, 11) is 0. The van der Waals surface area contributed by atoms with Crippen molar-refractivity contribution in [2.75, 3.05) is 51.6 Å². The second-order valence-electron chi connectivity index (χ2n) is 23.9. The molecule has 0 bridgehead atoms. The molecule has 0 saturated carbocycles. The van der Waals surface area contributed by atoms with Crippen LogP contribution in [0.5, 0.6) is 0 Å². The van der Waals surface area contributed by atoms with Gasteiger partial charge in [-0.2, -0.15) is 0 Å². The van der Waals surface area contributed by atoms with E-state index < -0.39 is 38.7 Å². The molecule has 2 saturated heterocycles. The molecule has 602 valence electrons. The van der Waals surface area contributed by atoms with E-state index in [1.807, 2.05) is 18.2 Å². The van der Waals surface area contributed by atoms with Crippen molar-refractivity contribution in [3.63, 3.8) is 0 Å². The predicted octanol–water partition coefficient (Wildman–Crippen LogP) is 29.3. The molecule has 2 heterocycles. The van der Waals surface area contributed by atoms with E-state index in [1.165, 1.54) is 134 Å². The van der Waals surface area contributed by atoms with Crippen molar-refractivity contribution in [3.05, 3.63) is 135 Å². The second kappa shape index (κ2) is 74.3. The first kappa shape index (κ1) is 110. The molecular weight excluding hydrogens is 1880 g/mol. The van der Waals surface area contributed by atoms with Crippen LogP contribution in [-0.2, 0) is 28.4 Å². The Labute approximate surface area is 716 Å². The molecule has 1 N–H and O–H groups in total. The van der Waals surface area contributed by atoms with Gasteiger partial charge in [-0.05, 0) is 239 Å². The van der Waals surface area contributed by atoms with E-state index in [2.05, 4.69) is 115 Å². The van der Waals surface area contributed by atoms with Gasteiger partial charge in [0.25, 0.3) is 10.5 Å². The number of allylic oxidation sites excluding steroid dienone is 3. The molecule has 26 heteroatoms. The van der Waals surface area contributed by atoms with Crippen LogP contribution in [0, 0.1) is 0 Å². The lowest BCUT2D eigenvalue weighted by atomic mass is 10.1. The molecule has 5 rings (SSSR count). The molecule has 105 heavy (non-hydrogen) atoms. The highest BCUT2D eigenvalue weighted by Crippen LogP contribution is 2.31. The standard InChI is InChI=1S/C28H40Br2O6.C28H40Br2O4.C10H20O.C8H2Br2Cl2O2.CHCl3.CH2Cl2.3CH4/c29-25-18-24(28(32)34-16-12-8-4-2-6-10-14-22-20-36-22)26(30)17-23(25)27(31)33-15-11-7-3-1-5-9-13-21-19-35-21;1-3-5-7-9-11-13-15-17-19-33-27(31)23-21-26(30)24(22-25(23)29)28(32)34-20-18-16-14-12-10-8-6-4-2;1-2-3-4-5-6-7-8-9-10-11;9-5-1-3(7(11)13)6(10)2-4(5)8(12)14;2-1(3)4;2-1-3;;;/h17-18,21-22H,1-16,19-20H2;3-4,21-22H,1-2,5-20H2;2,11H,1,3-10H2;1-2H;1H;1H2;3*1H4. The Morgan fingerprint density at radius 2 is 0.562 bits per heavy atom. The maximum Gasteiger partial charge on any atom is 0.339 e. The summed E-state index contributed by atoms with van der Waals surface area (Å²) in [5, 5.41) is 7.48. The van der Waals surface area contributed by atoms with Crippen LogP contribution in [-0.4, -0.2) is 108 Å². The zero-order valence-electron chi connectivity index (χ0n) is 58.7. The van der Waals surface area contributed by atoms with E-state index in [0.29, 0.717) is 94.3 Å². The third-order valence-electron chi connectivity index (χ3n) is 15.5. The van der Waals surface area contributed by atoms with Crippen molar-refractivity contribution in [1.82, 2.24) is 0 Å². The van der Waals surface area contributed by atoms with E-state index in [1.54, 1.807) is 24.3 Å². The molecule has 0 aliphatic carbocycles. The highest BCUT2D eigenvalue weighted by molar-refractivity contribution is 9.11. The van der Waals surface area contributed by atoms with Gasteiger partial charge in [-0.25, -0.2) is 19.2 Å². The fourth-order valence-corrected chi connectivity index (χ4v) is 13.3. The maximum absolute atomic E-state index is 12.5. The molecule has 2 fully saturated rings. The summed E-state index contributed by atoms with van der Waals surface area (Å²) in [5.41, 5.74) is 2.14. The summed E-state index contributed by atoms with van der Waals surface area (Å²) in [6, 6.07) is 9.36. The second-order valence-corrected chi connectivity index (χ2v) is 32.5. The Hall–Kier alpha value is -1.11. The molecule has 0 amide bonds. The topological polar surface area (TPSA) is 185 Å². The van der Waals surface area contributed by atoms with Crippen LogP contribution in [0.2, 0.25) is 0 Å². The number of hydrogen-bond acceptors (Lipinski definition) is 13. The number of esters is 4. The Kier molecular flexibility index (Phi) is 78.0. The number of hydrogen-bond donors (Lipinski definition) is 1. The van der Waals surface area contributed by atoms with Gasteiger partial charge in [0.2, 0.25) is 0 Å². The zero-order valence-corrected chi connectivity index (χ0v) is 73.5. The van der Waals surface area contributed by atoms with Crippen molar-refractivity contribution in [2.24, 2.45) is 0 Å². The lowest BCUT2D eigenvalue weighted by Crippen LogP contribution is -2.11. The summed E-state index contributed by atoms with van der Waals surface area (Å²) < 4.78 is 34.4. The van der Waals surface area contributed by atoms with Crippen LogP contribution >= 0.6 is 177 Å².